The first kappa shape index (κ1) is 24.9. The predicted molar refractivity (Wildman–Crippen MR) is 193 cm³/mol. The highest BCUT2D eigenvalue weighted by Crippen LogP contribution is 2.66. The Balaban J connectivity index is 1.32. The molecule has 8 aromatic carbocycles. The quantitative estimate of drug-likeness (QED) is 0.181. The first-order valence-electron chi connectivity index (χ1n) is 16.0. The summed E-state index contributed by atoms with van der Waals surface area (Å²) in [5.41, 5.74) is 15.8. The maximum atomic E-state index is 2.39. The van der Waals surface area contributed by atoms with Crippen LogP contribution in [0.25, 0.3) is 66.1 Å². The van der Waals surface area contributed by atoms with E-state index in [2.05, 4.69) is 158 Å². The Morgan fingerprint density at radius 2 is 0.891 bits per heavy atom. The molecule has 0 radical (unpaired) electrons. The molecule has 0 fully saturated rings. The second-order valence-corrected chi connectivity index (χ2v) is 13.8. The lowest BCUT2D eigenvalue weighted by Gasteiger charge is -2.34. The van der Waals surface area contributed by atoms with Gasteiger partial charge in [-0.1, -0.05) is 157 Å². The van der Waals surface area contributed by atoms with Gasteiger partial charge in [-0.15, -0.1) is 0 Å². The molecule has 2 aliphatic carbocycles. The van der Waals surface area contributed by atoms with E-state index >= 15 is 0 Å². The van der Waals surface area contributed by atoms with Gasteiger partial charge in [-0.25, -0.2) is 0 Å². The van der Waals surface area contributed by atoms with Crippen molar-refractivity contribution in [2.75, 3.05) is 0 Å². The Kier molecular flexibility index (Phi) is 4.80. The van der Waals surface area contributed by atoms with Crippen molar-refractivity contribution in [1.82, 2.24) is 0 Å². The van der Waals surface area contributed by atoms with E-state index in [-0.39, 0.29) is 0 Å². The molecule has 0 N–H and O–H groups in total. The van der Waals surface area contributed by atoms with Crippen LogP contribution in [0.2, 0.25) is 0 Å². The van der Waals surface area contributed by atoms with Gasteiger partial charge in [-0.3, -0.25) is 0 Å². The van der Waals surface area contributed by atoms with Gasteiger partial charge in [0.2, 0.25) is 0 Å². The van der Waals surface area contributed by atoms with Gasteiger partial charge < -0.3 is 0 Å². The minimum absolute atomic E-state index is 0.441. The van der Waals surface area contributed by atoms with Crippen molar-refractivity contribution in [3.63, 3.8) is 0 Å². The third kappa shape index (κ3) is 2.93. The fourth-order valence-electron chi connectivity index (χ4n) is 9.04. The fourth-order valence-corrected chi connectivity index (χ4v) is 10.2. The van der Waals surface area contributed by atoms with Crippen LogP contribution in [0.1, 0.15) is 22.3 Å². The molecule has 0 bridgehead atoms. The standard InChI is InChI=1S/C45H26S/c1-2-14-29-27(11-1)25-26-35-31-16-4-6-22-38(31)45(43(29)35)37-21-5-3-15-30(37)33-18-9-19-34(44(33)45)32-17-10-24-40-42(32)36-20-7-12-28-13-8-23-39(46-40)41(28)36/h1-26H. The first-order chi connectivity index (χ1) is 22.8. The molecular formula is C45H26S. The minimum atomic E-state index is -0.441. The molecule has 0 saturated carbocycles. The van der Waals surface area contributed by atoms with Crippen molar-refractivity contribution in [3.05, 3.63) is 180 Å². The van der Waals surface area contributed by atoms with Gasteiger partial charge in [0.15, 0.2) is 0 Å². The Morgan fingerprint density at radius 3 is 1.72 bits per heavy atom. The monoisotopic (exact) mass is 598 g/mol. The summed E-state index contributed by atoms with van der Waals surface area (Å²) in [6, 6.07) is 59.4. The lowest BCUT2D eigenvalue weighted by atomic mass is 9.67. The van der Waals surface area contributed by atoms with Crippen molar-refractivity contribution in [3.8, 4) is 44.5 Å². The summed E-state index contributed by atoms with van der Waals surface area (Å²) >= 11 is 1.91. The second-order valence-electron chi connectivity index (χ2n) is 12.7. The van der Waals surface area contributed by atoms with Crippen molar-refractivity contribution < 1.29 is 0 Å². The van der Waals surface area contributed by atoms with Gasteiger partial charge in [0.25, 0.3) is 0 Å². The lowest BCUT2D eigenvalue weighted by molar-refractivity contribution is 0.803. The molecule has 1 aliphatic heterocycles. The Morgan fingerprint density at radius 1 is 0.348 bits per heavy atom. The SMILES string of the molecule is c1ccc2c(c1)-c1cccc(-c3cccc4c3-c3cccc5cccc(c35)S4)c1C21c2ccccc2-c2ccc3ccccc3c21. The smallest absolute Gasteiger partial charge is 0.0737 e. The molecule has 3 aliphatic rings. The van der Waals surface area contributed by atoms with E-state index in [4.69, 9.17) is 0 Å². The van der Waals surface area contributed by atoms with Crippen LogP contribution >= 0.6 is 11.8 Å². The molecule has 46 heavy (non-hydrogen) atoms. The molecule has 0 amide bonds. The molecule has 11 rings (SSSR count). The van der Waals surface area contributed by atoms with Gasteiger partial charge in [-0.2, -0.15) is 0 Å². The number of fused-ring (bicyclic) bond motifs is 14. The highest BCUT2D eigenvalue weighted by molar-refractivity contribution is 7.99. The Labute approximate surface area is 272 Å². The summed E-state index contributed by atoms with van der Waals surface area (Å²) < 4.78 is 0. The maximum absolute atomic E-state index is 2.39. The summed E-state index contributed by atoms with van der Waals surface area (Å²) in [7, 11) is 0. The molecular weight excluding hydrogens is 573 g/mol. The molecule has 0 saturated heterocycles. The van der Waals surface area contributed by atoms with Crippen LogP contribution in [0.15, 0.2) is 168 Å². The zero-order valence-corrected chi connectivity index (χ0v) is 25.7. The molecule has 1 unspecified atom stereocenters. The summed E-state index contributed by atoms with van der Waals surface area (Å²) in [5, 5.41) is 5.28. The Bertz CT molecular complexity index is 2610. The highest BCUT2D eigenvalue weighted by Gasteiger charge is 2.53. The van der Waals surface area contributed by atoms with E-state index in [1.807, 2.05) is 11.8 Å². The predicted octanol–water partition coefficient (Wildman–Crippen LogP) is 12.1. The first-order valence-corrected chi connectivity index (χ1v) is 16.8. The van der Waals surface area contributed by atoms with Gasteiger partial charge in [0, 0.05) is 20.7 Å². The van der Waals surface area contributed by atoms with E-state index in [1.165, 1.54) is 98.1 Å². The third-order valence-corrected chi connectivity index (χ3v) is 11.8. The number of benzene rings is 8. The molecule has 1 atom stereocenters. The van der Waals surface area contributed by atoms with Gasteiger partial charge in [-0.05, 0) is 89.5 Å². The van der Waals surface area contributed by atoms with Gasteiger partial charge in [0.1, 0.15) is 0 Å². The van der Waals surface area contributed by atoms with Gasteiger partial charge in [0.05, 0.1) is 5.41 Å². The van der Waals surface area contributed by atoms with E-state index in [0.29, 0.717) is 0 Å². The number of hydrogen-bond acceptors (Lipinski definition) is 1. The Hall–Kier alpha value is -5.37. The van der Waals surface area contributed by atoms with Crippen LogP contribution in [-0.4, -0.2) is 0 Å². The van der Waals surface area contributed by atoms with Crippen LogP contribution < -0.4 is 0 Å². The fraction of sp³-hybridized carbons (Fsp3) is 0.0222. The highest BCUT2D eigenvalue weighted by atomic mass is 32.2. The van der Waals surface area contributed by atoms with Crippen molar-refractivity contribution >= 4 is 33.3 Å². The van der Waals surface area contributed by atoms with Crippen LogP contribution in [0.5, 0.6) is 0 Å². The lowest BCUT2D eigenvalue weighted by Crippen LogP contribution is -2.27. The average Bonchev–Trinajstić information content (AvgIpc) is 3.59. The normalized spacial score (nSPS) is 16.3. The van der Waals surface area contributed by atoms with E-state index in [1.54, 1.807) is 0 Å². The number of rotatable bonds is 1. The van der Waals surface area contributed by atoms with Gasteiger partial charge >= 0.3 is 0 Å². The largest absolute Gasteiger partial charge is 0.0888 e. The molecule has 1 heterocycles. The zero-order chi connectivity index (χ0) is 30.0. The second kappa shape index (κ2) is 8.88. The minimum Gasteiger partial charge on any atom is -0.0888 e. The van der Waals surface area contributed by atoms with Crippen LogP contribution in [0.4, 0.5) is 0 Å². The van der Waals surface area contributed by atoms with Crippen LogP contribution in [0.3, 0.4) is 0 Å². The van der Waals surface area contributed by atoms with Crippen molar-refractivity contribution in [2.45, 2.75) is 15.2 Å². The van der Waals surface area contributed by atoms with Crippen molar-refractivity contribution in [1.29, 1.82) is 0 Å². The topological polar surface area (TPSA) is 0 Å². The molecule has 8 aromatic rings. The summed E-state index contributed by atoms with van der Waals surface area (Å²) in [6.45, 7) is 0. The summed E-state index contributed by atoms with van der Waals surface area (Å²) in [6.07, 6.45) is 0. The zero-order valence-electron chi connectivity index (χ0n) is 24.9. The molecule has 212 valence electrons. The summed E-state index contributed by atoms with van der Waals surface area (Å²) in [5.74, 6) is 0. The van der Waals surface area contributed by atoms with E-state index < -0.39 is 5.41 Å². The molecule has 1 heteroatoms. The van der Waals surface area contributed by atoms with E-state index in [0.717, 1.165) is 0 Å². The van der Waals surface area contributed by atoms with E-state index in [9.17, 15) is 0 Å². The average molecular weight is 599 g/mol. The maximum Gasteiger partial charge on any atom is 0.0737 e. The van der Waals surface area contributed by atoms with Crippen LogP contribution in [0, 0.1) is 0 Å². The molecule has 1 spiro atoms. The summed E-state index contributed by atoms with van der Waals surface area (Å²) in [4.78, 5) is 2.66. The third-order valence-electron chi connectivity index (χ3n) is 10.7. The molecule has 0 nitrogen and oxygen atoms in total. The number of hydrogen-bond donors (Lipinski definition) is 0. The molecule has 0 aromatic heterocycles. The van der Waals surface area contributed by atoms with Crippen LogP contribution in [-0.2, 0) is 5.41 Å². The van der Waals surface area contributed by atoms with Crippen molar-refractivity contribution in [2.24, 2.45) is 0 Å².